The third kappa shape index (κ3) is 8.68. The van der Waals surface area contributed by atoms with Gasteiger partial charge in [0.1, 0.15) is 37.9 Å². The molecule has 6 nitrogen and oxygen atoms in total. The number of hydrogen-bond donors (Lipinski definition) is 0. The lowest BCUT2D eigenvalue weighted by Gasteiger charge is -2.33. The molecular formula is C48H42O6. The molecule has 0 unspecified atom stereocenters. The van der Waals surface area contributed by atoms with Crippen molar-refractivity contribution in [3.05, 3.63) is 194 Å². The SMILES string of the molecule is C=CC(=O)OCCOc1ccc(C(C)(c2ccc(-c3ccccc3)cc2)c2ccc(OCCOC(=O)C=C)c(-c3ccccc3)c2)cc1-c1ccccc1. The number of esters is 2. The van der Waals surface area contributed by atoms with Crippen LogP contribution in [0.25, 0.3) is 33.4 Å². The quantitative estimate of drug-likeness (QED) is 0.0430. The van der Waals surface area contributed by atoms with Gasteiger partial charge in [0.2, 0.25) is 0 Å². The number of benzene rings is 6. The Bertz CT molecular complexity index is 2080. The van der Waals surface area contributed by atoms with Crippen molar-refractivity contribution in [3.8, 4) is 44.9 Å². The number of carbonyl (C=O) groups is 2. The lowest BCUT2D eigenvalue weighted by molar-refractivity contribution is -0.139. The molecule has 0 aromatic heterocycles. The summed E-state index contributed by atoms with van der Waals surface area (Å²) in [5, 5.41) is 0. The maximum absolute atomic E-state index is 11.7. The van der Waals surface area contributed by atoms with E-state index in [2.05, 4.69) is 105 Å². The van der Waals surface area contributed by atoms with Crippen LogP contribution < -0.4 is 9.47 Å². The molecule has 0 fully saturated rings. The van der Waals surface area contributed by atoms with Crippen LogP contribution in [0, 0.1) is 0 Å². The molecule has 0 N–H and O–H groups in total. The molecule has 0 saturated carbocycles. The number of rotatable bonds is 16. The monoisotopic (exact) mass is 714 g/mol. The van der Waals surface area contributed by atoms with Crippen molar-refractivity contribution in [1.29, 1.82) is 0 Å². The number of carbonyl (C=O) groups excluding carboxylic acids is 2. The third-order valence-corrected chi connectivity index (χ3v) is 9.36. The molecule has 6 heteroatoms. The normalized spacial score (nSPS) is 10.9. The second kappa shape index (κ2) is 17.7. The first-order valence-corrected chi connectivity index (χ1v) is 17.8. The molecule has 0 amide bonds. The maximum Gasteiger partial charge on any atom is 0.330 e. The molecule has 0 aliphatic rings. The highest BCUT2D eigenvalue weighted by Crippen LogP contribution is 2.45. The molecule has 54 heavy (non-hydrogen) atoms. The molecule has 0 atom stereocenters. The minimum absolute atomic E-state index is 0.0969. The van der Waals surface area contributed by atoms with Crippen LogP contribution in [0.3, 0.4) is 0 Å². The first kappa shape index (κ1) is 37.1. The van der Waals surface area contributed by atoms with Crippen molar-refractivity contribution >= 4 is 11.9 Å². The Labute approximate surface area is 316 Å². The van der Waals surface area contributed by atoms with E-state index in [1.165, 1.54) is 0 Å². The van der Waals surface area contributed by atoms with Crippen molar-refractivity contribution in [2.24, 2.45) is 0 Å². The van der Waals surface area contributed by atoms with Crippen LogP contribution in [-0.2, 0) is 24.5 Å². The zero-order valence-electron chi connectivity index (χ0n) is 30.3. The van der Waals surface area contributed by atoms with Gasteiger partial charge in [0.25, 0.3) is 0 Å². The number of ether oxygens (including phenoxy) is 4. The summed E-state index contributed by atoms with van der Waals surface area (Å²) in [6.45, 7) is 9.74. The first-order chi connectivity index (χ1) is 26.4. The minimum atomic E-state index is -0.654. The van der Waals surface area contributed by atoms with Crippen LogP contribution >= 0.6 is 0 Å². The largest absolute Gasteiger partial charge is 0.489 e. The van der Waals surface area contributed by atoms with Crippen LogP contribution in [0.5, 0.6) is 11.5 Å². The van der Waals surface area contributed by atoms with Crippen molar-refractivity contribution in [2.75, 3.05) is 26.4 Å². The van der Waals surface area contributed by atoms with E-state index in [1.807, 2.05) is 66.7 Å². The second-order valence-electron chi connectivity index (χ2n) is 12.7. The summed E-state index contributed by atoms with van der Waals surface area (Å²) in [7, 11) is 0. The molecule has 6 aromatic rings. The minimum Gasteiger partial charge on any atom is -0.489 e. The Balaban J connectivity index is 1.47. The average Bonchev–Trinajstić information content (AvgIpc) is 3.24. The predicted molar refractivity (Wildman–Crippen MR) is 214 cm³/mol. The fourth-order valence-electron chi connectivity index (χ4n) is 6.45. The van der Waals surface area contributed by atoms with Gasteiger partial charge in [-0.25, -0.2) is 9.59 Å². The summed E-state index contributed by atoms with van der Waals surface area (Å²) in [5.74, 6) is 0.363. The fourth-order valence-corrected chi connectivity index (χ4v) is 6.45. The zero-order chi connectivity index (χ0) is 37.8. The molecule has 6 aromatic carbocycles. The van der Waals surface area contributed by atoms with Gasteiger partial charge < -0.3 is 18.9 Å². The van der Waals surface area contributed by atoms with E-state index in [9.17, 15) is 9.59 Å². The Kier molecular flexibility index (Phi) is 12.2. The maximum atomic E-state index is 11.7. The molecule has 0 radical (unpaired) electrons. The molecule has 0 aliphatic heterocycles. The highest BCUT2D eigenvalue weighted by molar-refractivity contribution is 5.81. The number of hydrogen-bond acceptors (Lipinski definition) is 6. The van der Waals surface area contributed by atoms with Gasteiger partial charge in [-0.15, -0.1) is 0 Å². The van der Waals surface area contributed by atoms with Gasteiger partial charge in [0, 0.05) is 28.7 Å². The molecule has 270 valence electrons. The Morgan fingerprint density at radius 1 is 0.481 bits per heavy atom. The summed E-state index contributed by atoms with van der Waals surface area (Å²) < 4.78 is 22.8. The van der Waals surface area contributed by atoms with E-state index in [0.717, 1.165) is 62.2 Å². The molecule has 6 rings (SSSR count). The van der Waals surface area contributed by atoms with Crippen molar-refractivity contribution in [3.63, 3.8) is 0 Å². The van der Waals surface area contributed by atoms with Gasteiger partial charge in [-0.2, -0.15) is 0 Å². The molecule has 0 spiro atoms. The van der Waals surface area contributed by atoms with E-state index in [0.29, 0.717) is 11.5 Å². The topological polar surface area (TPSA) is 71.1 Å². The Hall–Kier alpha value is -6.66. The molecule has 0 aliphatic carbocycles. The predicted octanol–water partition coefficient (Wildman–Crippen LogP) is 10.3. The average molecular weight is 715 g/mol. The van der Waals surface area contributed by atoms with E-state index < -0.39 is 17.4 Å². The van der Waals surface area contributed by atoms with Crippen molar-refractivity contribution in [1.82, 2.24) is 0 Å². The van der Waals surface area contributed by atoms with Gasteiger partial charge in [-0.05, 0) is 70.1 Å². The van der Waals surface area contributed by atoms with Gasteiger partial charge in [0.15, 0.2) is 0 Å². The van der Waals surface area contributed by atoms with E-state index in [-0.39, 0.29) is 26.4 Å². The van der Waals surface area contributed by atoms with Crippen LogP contribution in [0.4, 0.5) is 0 Å². The van der Waals surface area contributed by atoms with Gasteiger partial charge >= 0.3 is 11.9 Å². The van der Waals surface area contributed by atoms with Gasteiger partial charge in [0.05, 0.1) is 0 Å². The molecule has 0 saturated heterocycles. The molecular weight excluding hydrogens is 673 g/mol. The van der Waals surface area contributed by atoms with Gasteiger partial charge in [-0.3, -0.25) is 0 Å². The Morgan fingerprint density at radius 2 is 0.852 bits per heavy atom. The van der Waals surface area contributed by atoms with E-state index in [1.54, 1.807) is 0 Å². The fraction of sp³-hybridized carbons (Fsp3) is 0.125. The second-order valence-corrected chi connectivity index (χ2v) is 12.7. The zero-order valence-corrected chi connectivity index (χ0v) is 30.3. The standard InChI is InChI=1S/C48H42O6/c1-4-46(49)53-31-29-51-44-27-25-40(33-42(44)37-17-11-7-12-18-37)48(3,39-23-21-36(22-24-39)35-15-9-6-10-16-35)41-26-28-45(52-30-32-54-47(50)5-2)43(34-41)38-19-13-8-14-20-38/h4-28,33-34H,1-2,29-32H2,3H3. The molecule has 0 bridgehead atoms. The van der Waals surface area contributed by atoms with E-state index >= 15 is 0 Å². The van der Waals surface area contributed by atoms with Crippen LogP contribution in [-0.4, -0.2) is 38.4 Å². The van der Waals surface area contributed by atoms with Crippen molar-refractivity contribution in [2.45, 2.75) is 12.3 Å². The summed E-state index contributed by atoms with van der Waals surface area (Å²) in [6.07, 6.45) is 2.28. The highest BCUT2D eigenvalue weighted by Gasteiger charge is 2.33. The Morgan fingerprint density at radius 3 is 1.26 bits per heavy atom. The highest BCUT2D eigenvalue weighted by atomic mass is 16.6. The summed E-state index contributed by atoms with van der Waals surface area (Å²) >= 11 is 0. The van der Waals surface area contributed by atoms with Crippen LogP contribution in [0.15, 0.2) is 177 Å². The first-order valence-electron chi connectivity index (χ1n) is 17.8. The summed E-state index contributed by atoms with van der Waals surface area (Å²) in [6, 6.07) is 51.8. The van der Waals surface area contributed by atoms with Crippen LogP contribution in [0.1, 0.15) is 23.6 Å². The molecule has 0 heterocycles. The van der Waals surface area contributed by atoms with E-state index in [4.69, 9.17) is 18.9 Å². The lowest BCUT2D eigenvalue weighted by atomic mass is 9.70. The lowest BCUT2D eigenvalue weighted by Crippen LogP contribution is -2.26. The van der Waals surface area contributed by atoms with Crippen molar-refractivity contribution < 1.29 is 28.5 Å². The van der Waals surface area contributed by atoms with Gasteiger partial charge in [-0.1, -0.05) is 141 Å². The van der Waals surface area contributed by atoms with Crippen LogP contribution in [0.2, 0.25) is 0 Å². The smallest absolute Gasteiger partial charge is 0.330 e. The third-order valence-electron chi connectivity index (χ3n) is 9.36. The summed E-state index contributed by atoms with van der Waals surface area (Å²) in [4.78, 5) is 23.3. The summed E-state index contributed by atoms with van der Waals surface area (Å²) in [5.41, 5.74) is 8.60.